The molecule has 24 heavy (non-hydrogen) atoms. The van der Waals surface area contributed by atoms with Crippen LogP contribution in [0.1, 0.15) is 23.9 Å². The van der Waals surface area contributed by atoms with Gasteiger partial charge in [-0.05, 0) is 38.8 Å². The van der Waals surface area contributed by atoms with Gasteiger partial charge < -0.3 is 14.0 Å². The van der Waals surface area contributed by atoms with Crippen molar-refractivity contribution in [3.63, 3.8) is 0 Å². The van der Waals surface area contributed by atoms with Gasteiger partial charge >= 0.3 is 0 Å². The van der Waals surface area contributed by atoms with E-state index in [1.54, 1.807) is 13.8 Å². The lowest BCUT2D eigenvalue weighted by molar-refractivity contribution is 0.233. The average Bonchev–Trinajstić information content (AvgIpc) is 2.87. The molecule has 0 radical (unpaired) electrons. The van der Waals surface area contributed by atoms with Crippen LogP contribution in [0.2, 0.25) is 0 Å². The number of hydrogen-bond acceptors (Lipinski definition) is 6. The van der Waals surface area contributed by atoms with Crippen molar-refractivity contribution in [3.05, 3.63) is 35.2 Å². The van der Waals surface area contributed by atoms with Crippen molar-refractivity contribution in [2.24, 2.45) is 0 Å². The van der Waals surface area contributed by atoms with Gasteiger partial charge in [0.1, 0.15) is 17.2 Å². The Kier molecular flexibility index (Phi) is 4.51. The summed E-state index contributed by atoms with van der Waals surface area (Å²) in [4.78, 5) is 0.0939. The Labute approximate surface area is 141 Å². The second-order valence-corrected chi connectivity index (χ2v) is 7.31. The van der Waals surface area contributed by atoms with Gasteiger partial charge in [-0.15, -0.1) is 0 Å². The second kappa shape index (κ2) is 6.45. The van der Waals surface area contributed by atoms with Crippen molar-refractivity contribution in [3.8, 4) is 11.5 Å². The van der Waals surface area contributed by atoms with Crippen LogP contribution in [0.5, 0.6) is 11.5 Å². The summed E-state index contributed by atoms with van der Waals surface area (Å²) in [5.74, 6) is 1.64. The Morgan fingerprint density at radius 1 is 1.38 bits per heavy atom. The van der Waals surface area contributed by atoms with Gasteiger partial charge in [-0.3, -0.25) is 0 Å². The number of nitrogens with zero attached hydrogens (tertiary/aromatic N) is 1. The van der Waals surface area contributed by atoms with Gasteiger partial charge in [0.05, 0.1) is 12.6 Å². The summed E-state index contributed by atoms with van der Waals surface area (Å²) in [6.07, 6.45) is 0.527. The average molecular weight is 352 g/mol. The third-order valence-electron chi connectivity index (χ3n) is 3.81. The second-order valence-electron chi connectivity index (χ2n) is 5.66. The predicted molar refractivity (Wildman–Crippen MR) is 86.9 cm³/mol. The van der Waals surface area contributed by atoms with E-state index >= 15 is 0 Å². The number of hydrogen-bond donors (Lipinski definition) is 1. The van der Waals surface area contributed by atoms with E-state index < -0.39 is 10.0 Å². The van der Waals surface area contributed by atoms with Crippen LogP contribution in [0.4, 0.5) is 0 Å². The highest BCUT2D eigenvalue weighted by molar-refractivity contribution is 7.89. The maximum absolute atomic E-state index is 12.6. The summed E-state index contributed by atoms with van der Waals surface area (Å²) in [6, 6.07) is 5.26. The molecule has 130 valence electrons. The number of sulfonamides is 1. The van der Waals surface area contributed by atoms with Crippen molar-refractivity contribution >= 4 is 10.0 Å². The minimum Gasteiger partial charge on any atom is -0.490 e. The number of aromatic nitrogens is 1. The highest BCUT2D eigenvalue weighted by Gasteiger charge is 2.30. The van der Waals surface area contributed by atoms with Crippen LogP contribution in [0.25, 0.3) is 0 Å². The summed E-state index contributed by atoms with van der Waals surface area (Å²) >= 11 is 0. The van der Waals surface area contributed by atoms with Crippen molar-refractivity contribution in [1.82, 2.24) is 9.88 Å². The van der Waals surface area contributed by atoms with E-state index in [4.69, 9.17) is 14.0 Å². The lowest BCUT2D eigenvalue weighted by Crippen LogP contribution is -2.42. The lowest BCUT2D eigenvalue weighted by atomic mass is 10.0. The molecule has 0 bridgehead atoms. The van der Waals surface area contributed by atoms with E-state index in [1.807, 2.05) is 25.1 Å². The first-order valence-electron chi connectivity index (χ1n) is 7.75. The third kappa shape index (κ3) is 3.11. The Balaban J connectivity index is 1.80. The Bertz CT molecular complexity index is 825. The molecule has 1 N–H and O–H groups in total. The van der Waals surface area contributed by atoms with Crippen LogP contribution >= 0.6 is 0 Å². The number of rotatable bonds is 5. The minimum atomic E-state index is -3.72. The van der Waals surface area contributed by atoms with Gasteiger partial charge in [0, 0.05) is 0 Å². The van der Waals surface area contributed by atoms with Gasteiger partial charge in [-0.25, -0.2) is 13.1 Å². The molecular formula is C16H20N2O5S. The topological polar surface area (TPSA) is 90.7 Å². The van der Waals surface area contributed by atoms with Gasteiger partial charge in [-0.2, -0.15) is 0 Å². The standard InChI is InChI=1S/C16H20N2O5S/c1-4-21-14-7-5-6-12-8-13(9-22-15(12)14)18-24(19,20)16-10(2)17-23-11(16)3/h5-7,13,18H,4,8-9H2,1-3H3/t13-/m1/s1. The SMILES string of the molecule is CCOc1cccc2c1OC[C@H](NS(=O)(=O)c1c(C)noc1C)C2. The van der Waals surface area contributed by atoms with E-state index in [2.05, 4.69) is 9.88 Å². The maximum Gasteiger partial charge on any atom is 0.246 e. The number of aryl methyl sites for hydroxylation is 2. The Morgan fingerprint density at radius 2 is 2.17 bits per heavy atom. The minimum absolute atomic E-state index is 0.0939. The number of fused-ring (bicyclic) bond motifs is 1. The lowest BCUT2D eigenvalue weighted by Gasteiger charge is -2.27. The third-order valence-corrected chi connectivity index (χ3v) is 5.58. The van der Waals surface area contributed by atoms with E-state index in [0.717, 1.165) is 5.56 Å². The molecule has 0 spiro atoms. The van der Waals surface area contributed by atoms with Gasteiger partial charge in [0.15, 0.2) is 17.3 Å². The molecule has 0 fully saturated rings. The van der Waals surface area contributed by atoms with E-state index in [0.29, 0.717) is 30.2 Å². The fraction of sp³-hybridized carbons (Fsp3) is 0.438. The van der Waals surface area contributed by atoms with Crippen molar-refractivity contribution in [1.29, 1.82) is 0 Å². The van der Waals surface area contributed by atoms with E-state index in [9.17, 15) is 8.42 Å². The van der Waals surface area contributed by atoms with Crippen LogP contribution < -0.4 is 14.2 Å². The summed E-state index contributed by atoms with van der Waals surface area (Å²) in [5, 5.41) is 3.70. The zero-order valence-corrected chi connectivity index (χ0v) is 14.6. The number of nitrogens with one attached hydrogen (secondary N) is 1. The maximum atomic E-state index is 12.6. The molecule has 2 heterocycles. The van der Waals surface area contributed by atoms with E-state index in [1.165, 1.54) is 0 Å². The highest BCUT2D eigenvalue weighted by atomic mass is 32.2. The van der Waals surface area contributed by atoms with Gasteiger partial charge in [0.25, 0.3) is 0 Å². The molecule has 1 aromatic heterocycles. The van der Waals surface area contributed by atoms with Crippen LogP contribution in [-0.2, 0) is 16.4 Å². The summed E-state index contributed by atoms with van der Waals surface area (Å²) in [6.45, 7) is 5.87. The molecule has 1 aromatic carbocycles. The van der Waals surface area contributed by atoms with Crippen molar-refractivity contribution in [2.75, 3.05) is 13.2 Å². The molecule has 0 saturated carbocycles. The van der Waals surface area contributed by atoms with Crippen molar-refractivity contribution < 1.29 is 22.4 Å². The summed E-state index contributed by atoms with van der Waals surface area (Å²) in [7, 11) is -3.72. The first-order chi connectivity index (χ1) is 11.4. The monoisotopic (exact) mass is 352 g/mol. The number of ether oxygens (including phenoxy) is 2. The van der Waals surface area contributed by atoms with Crippen molar-refractivity contribution in [2.45, 2.75) is 38.1 Å². The van der Waals surface area contributed by atoms with Crippen LogP contribution in [-0.4, -0.2) is 32.8 Å². The molecule has 3 rings (SSSR count). The predicted octanol–water partition coefficient (Wildman–Crippen LogP) is 1.97. The molecule has 2 aromatic rings. The summed E-state index contributed by atoms with van der Waals surface area (Å²) in [5.41, 5.74) is 1.26. The molecule has 0 aliphatic carbocycles. The van der Waals surface area contributed by atoms with Crippen LogP contribution in [0.3, 0.4) is 0 Å². The normalized spacial score (nSPS) is 17.2. The van der Waals surface area contributed by atoms with Gasteiger partial charge in [-0.1, -0.05) is 17.3 Å². The van der Waals surface area contributed by atoms with Crippen LogP contribution in [0, 0.1) is 13.8 Å². The number of benzene rings is 1. The molecule has 1 aliphatic heterocycles. The van der Waals surface area contributed by atoms with Gasteiger partial charge in [0.2, 0.25) is 10.0 Å². The molecule has 0 unspecified atom stereocenters. The molecule has 1 aliphatic rings. The Morgan fingerprint density at radius 3 is 2.83 bits per heavy atom. The quantitative estimate of drug-likeness (QED) is 0.885. The largest absolute Gasteiger partial charge is 0.490 e. The van der Waals surface area contributed by atoms with E-state index in [-0.39, 0.29) is 23.3 Å². The smallest absolute Gasteiger partial charge is 0.246 e. The molecule has 1 atom stereocenters. The molecule has 0 saturated heterocycles. The zero-order chi connectivity index (χ0) is 17.3. The van der Waals surface area contributed by atoms with Crippen LogP contribution in [0.15, 0.2) is 27.6 Å². The fourth-order valence-electron chi connectivity index (χ4n) is 2.88. The Hall–Kier alpha value is -2.06. The summed E-state index contributed by atoms with van der Waals surface area (Å²) < 4.78 is 44.1. The fourth-order valence-corrected chi connectivity index (χ4v) is 4.43. The first kappa shape index (κ1) is 16.8. The zero-order valence-electron chi connectivity index (χ0n) is 13.8. The molecular weight excluding hydrogens is 332 g/mol. The number of para-hydroxylation sites is 1. The molecule has 0 amide bonds. The highest BCUT2D eigenvalue weighted by Crippen LogP contribution is 2.35. The molecule has 8 heteroatoms. The first-order valence-corrected chi connectivity index (χ1v) is 9.23. The molecule has 7 nitrogen and oxygen atoms in total.